The highest BCUT2D eigenvalue weighted by Crippen LogP contribution is 2.18. The van der Waals surface area contributed by atoms with Gasteiger partial charge in [-0.15, -0.1) is 5.10 Å². The minimum Gasteiger partial charge on any atom is -0.391 e. The molecule has 2 N–H and O–H groups in total. The van der Waals surface area contributed by atoms with Crippen molar-refractivity contribution >= 4 is 17.4 Å². The molecule has 2 rings (SSSR count). The number of hydrogen-bond acceptors (Lipinski definition) is 5. The molecule has 88 valence electrons. The van der Waals surface area contributed by atoms with Crippen molar-refractivity contribution in [3.63, 3.8) is 0 Å². The number of rotatable bonds is 2. The van der Waals surface area contributed by atoms with Gasteiger partial charge in [-0.1, -0.05) is 23.8 Å². The Morgan fingerprint density at radius 2 is 2.25 bits per heavy atom. The molecule has 1 heterocycles. The van der Waals surface area contributed by atoms with Gasteiger partial charge in [-0.2, -0.15) is 0 Å². The Labute approximate surface area is 98.0 Å². The van der Waals surface area contributed by atoms with Crippen molar-refractivity contribution in [1.82, 2.24) is 14.9 Å². The number of aliphatic hydroxyl groups excluding tert-OH is 1. The molecule has 2 atom stereocenters. The first-order chi connectivity index (χ1) is 7.77. The Balaban J connectivity index is 1.95. The molecule has 6 heteroatoms. The first-order valence-corrected chi connectivity index (χ1v) is 6.37. The summed E-state index contributed by atoms with van der Waals surface area (Å²) in [6.07, 6.45) is 4.38. The number of aromatic nitrogens is 2. The SMILES string of the molecule is O=C(NC1CCCCCC1O)c1csnn1. The van der Waals surface area contributed by atoms with Crippen molar-refractivity contribution in [2.75, 3.05) is 0 Å². The maximum Gasteiger partial charge on any atom is 0.273 e. The molecule has 1 saturated carbocycles. The quantitative estimate of drug-likeness (QED) is 0.756. The summed E-state index contributed by atoms with van der Waals surface area (Å²) in [5.41, 5.74) is 0.335. The average molecular weight is 241 g/mol. The van der Waals surface area contributed by atoms with Crippen LogP contribution in [-0.4, -0.2) is 32.7 Å². The third-order valence-electron chi connectivity index (χ3n) is 2.89. The van der Waals surface area contributed by atoms with E-state index < -0.39 is 6.10 Å². The van der Waals surface area contributed by atoms with E-state index in [0.717, 1.165) is 43.6 Å². The number of carbonyl (C=O) groups excluding carboxylic acids is 1. The summed E-state index contributed by atoms with van der Waals surface area (Å²) >= 11 is 1.15. The third-order valence-corrected chi connectivity index (χ3v) is 3.39. The van der Waals surface area contributed by atoms with E-state index in [4.69, 9.17) is 0 Å². The van der Waals surface area contributed by atoms with Gasteiger partial charge in [0.15, 0.2) is 5.69 Å². The van der Waals surface area contributed by atoms with Crippen molar-refractivity contribution < 1.29 is 9.90 Å². The van der Waals surface area contributed by atoms with Crippen LogP contribution in [0.2, 0.25) is 0 Å². The highest BCUT2D eigenvalue weighted by atomic mass is 32.1. The molecular weight excluding hydrogens is 226 g/mol. The number of nitrogens with one attached hydrogen (secondary N) is 1. The lowest BCUT2D eigenvalue weighted by molar-refractivity contribution is 0.0814. The first kappa shape index (κ1) is 11.5. The minimum absolute atomic E-state index is 0.142. The Morgan fingerprint density at radius 3 is 3.00 bits per heavy atom. The van der Waals surface area contributed by atoms with Crippen molar-refractivity contribution in [1.29, 1.82) is 0 Å². The molecule has 1 fully saturated rings. The van der Waals surface area contributed by atoms with Crippen LogP contribution in [0.25, 0.3) is 0 Å². The van der Waals surface area contributed by atoms with Crippen LogP contribution in [0, 0.1) is 0 Å². The molecule has 1 aromatic heterocycles. The second-order valence-corrected chi connectivity index (χ2v) is 4.69. The fourth-order valence-electron chi connectivity index (χ4n) is 1.96. The number of nitrogens with zero attached hydrogens (tertiary/aromatic N) is 2. The third kappa shape index (κ3) is 2.76. The average Bonchev–Trinajstić information content (AvgIpc) is 2.73. The zero-order chi connectivity index (χ0) is 11.4. The van der Waals surface area contributed by atoms with E-state index in [1.54, 1.807) is 5.38 Å². The zero-order valence-corrected chi connectivity index (χ0v) is 9.74. The van der Waals surface area contributed by atoms with E-state index in [1.165, 1.54) is 0 Å². The molecule has 1 aromatic rings. The maximum absolute atomic E-state index is 11.7. The predicted molar refractivity (Wildman–Crippen MR) is 60.3 cm³/mol. The van der Waals surface area contributed by atoms with Crippen molar-refractivity contribution in [2.24, 2.45) is 0 Å². The van der Waals surface area contributed by atoms with Gasteiger partial charge in [-0.3, -0.25) is 4.79 Å². The second-order valence-electron chi connectivity index (χ2n) is 4.08. The molecule has 0 saturated heterocycles. The standard InChI is InChI=1S/C10H15N3O2S/c14-9-5-3-1-2-4-7(9)11-10(15)8-6-16-13-12-8/h6-7,9,14H,1-5H2,(H,11,15). The topological polar surface area (TPSA) is 75.1 Å². The molecule has 2 unspecified atom stereocenters. The Hall–Kier alpha value is -1.01. The molecule has 0 aromatic carbocycles. The summed E-state index contributed by atoms with van der Waals surface area (Å²) in [6, 6.07) is -0.142. The van der Waals surface area contributed by atoms with E-state index in [0.29, 0.717) is 5.69 Å². The summed E-state index contributed by atoms with van der Waals surface area (Å²) in [7, 11) is 0. The van der Waals surface area contributed by atoms with Crippen LogP contribution in [0.15, 0.2) is 5.38 Å². The predicted octanol–water partition coefficient (Wildman–Crippen LogP) is 0.962. The lowest BCUT2D eigenvalue weighted by Crippen LogP contribution is -2.42. The van der Waals surface area contributed by atoms with Crippen LogP contribution in [0.5, 0.6) is 0 Å². The van der Waals surface area contributed by atoms with Gasteiger partial charge in [0.1, 0.15) is 0 Å². The van der Waals surface area contributed by atoms with Gasteiger partial charge in [0.2, 0.25) is 0 Å². The molecule has 0 radical (unpaired) electrons. The van der Waals surface area contributed by atoms with Crippen LogP contribution < -0.4 is 5.32 Å². The summed E-state index contributed by atoms with van der Waals surface area (Å²) in [5, 5.41) is 18.0. The van der Waals surface area contributed by atoms with Crippen LogP contribution in [0.3, 0.4) is 0 Å². The highest BCUT2D eigenvalue weighted by molar-refractivity contribution is 7.03. The first-order valence-electron chi connectivity index (χ1n) is 5.53. The normalized spacial score (nSPS) is 26.1. The molecule has 1 aliphatic carbocycles. The maximum atomic E-state index is 11.7. The fraction of sp³-hybridized carbons (Fsp3) is 0.700. The minimum atomic E-state index is -0.432. The summed E-state index contributed by atoms with van der Waals surface area (Å²) in [6.45, 7) is 0. The summed E-state index contributed by atoms with van der Waals surface area (Å²) in [5.74, 6) is -0.236. The van der Waals surface area contributed by atoms with Gasteiger partial charge < -0.3 is 10.4 Å². The summed E-state index contributed by atoms with van der Waals surface area (Å²) < 4.78 is 3.64. The number of hydrogen-bond donors (Lipinski definition) is 2. The van der Waals surface area contributed by atoms with Crippen LogP contribution in [0.1, 0.15) is 42.6 Å². The largest absolute Gasteiger partial charge is 0.391 e. The lowest BCUT2D eigenvalue weighted by Gasteiger charge is -2.20. The van der Waals surface area contributed by atoms with E-state index >= 15 is 0 Å². The van der Waals surface area contributed by atoms with E-state index in [2.05, 4.69) is 14.9 Å². The van der Waals surface area contributed by atoms with Gasteiger partial charge in [0, 0.05) is 5.38 Å². The number of carbonyl (C=O) groups is 1. The Kier molecular flexibility index (Phi) is 3.84. The zero-order valence-electron chi connectivity index (χ0n) is 8.93. The van der Waals surface area contributed by atoms with Gasteiger partial charge in [0.05, 0.1) is 12.1 Å². The van der Waals surface area contributed by atoms with Gasteiger partial charge >= 0.3 is 0 Å². The Bertz CT molecular complexity index is 342. The Morgan fingerprint density at radius 1 is 1.44 bits per heavy atom. The van der Waals surface area contributed by atoms with Gasteiger partial charge in [-0.25, -0.2) is 0 Å². The molecule has 0 bridgehead atoms. The summed E-state index contributed by atoms with van der Waals surface area (Å²) in [4.78, 5) is 11.7. The fourth-order valence-corrected chi connectivity index (χ4v) is 2.40. The monoisotopic (exact) mass is 241 g/mol. The lowest BCUT2D eigenvalue weighted by atomic mass is 10.1. The smallest absolute Gasteiger partial charge is 0.273 e. The molecule has 0 spiro atoms. The van der Waals surface area contributed by atoms with Crippen molar-refractivity contribution in [2.45, 2.75) is 44.2 Å². The second kappa shape index (κ2) is 5.36. The molecule has 1 amide bonds. The van der Waals surface area contributed by atoms with E-state index in [1.807, 2.05) is 0 Å². The van der Waals surface area contributed by atoms with Gasteiger partial charge in [-0.05, 0) is 24.4 Å². The van der Waals surface area contributed by atoms with Crippen LogP contribution in [-0.2, 0) is 0 Å². The van der Waals surface area contributed by atoms with E-state index in [9.17, 15) is 9.90 Å². The highest BCUT2D eigenvalue weighted by Gasteiger charge is 2.24. The van der Waals surface area contributed by atoms with Crippen molar-refractivity contribution in [3.05, 3.63) is 11.1 Å². The number of aliphatic hydroxyl groups is 1. The molecule has 1 aliphatic rings. The molecule has 5 nitrogen and oxygen atoms in total. The number of amides is 1. The van der Waals surface area contributed by atoms with Crippen LogP contribution >= 0.6 is 11.5 Å². The van der Waals surface area contributed by atoms with Crippen LogP contribution in [0.4, 0.5) is 0 Å². The molecular formula is C10H15N3O2S. The van der Waals surface area contributed by atoms with Gasteiger partial charge in [0.25, 0.3) is 5.91 Å². The molecule has 16 heavy (non-hydrogen) atoms. The van der Waals surface area contributed by atoms with E-state index in [-0.39, 0.29) is 11.9 Å². The van der Waals surface area contributed by atoms with Crippen molar-refractivity contribution in [3.8, 4) is 0 Å². The molecule has 0 aliphatic heterocycles.